The zero-order valence-electron chi connectivity index (χ0n) is 16.1. The number of para-hydroxylation sites is 1. The largest absolute Gasteiger partial charge is 0.350 e. The highest BCUT2D eigenvalue weighted by atomic mass is 16.2. The monoisotopic (exact) mass is 389 g/mol. The lowest BCUT2D eigenvalue weighted by molar-refractivity contribution is -0.117. The summed E-state index contributed by atoms with van der Waals surface area (Å²) in [7, 11) is 0. The molecule has 2 aromatic carbocycles. The predicted octanol–water partition coefficient (Wildman–Crippen LogP) is 2.30. The first kappa shape index (κ1) is 18.9. The maximum absolute atomic E-state index is 12.4. The van der Waals surface area contributed by atoms with Crippen LogP contribution in [0, 0.1) is 5.92 Å². The molecule has 148 valence electrons. The van der Waals surface area contributed by atoms with Crippen molar-refractivity contribution in [1.29, 1.82) is 0 Å². The lowest BCUT2D eigenvalue weighted by Gasteiger charge is -2.16. The van der Waals surface area contributed by atoms with Crippen LogP contribution in [0.25, 0.3) is 0 Å². The van der Waals surface area contributed by atoms with Gasteiger partial charge < -0.3 is 10.2 Å². The molecule has 0 spiro atoms. The number of nitrogens with zero attached hydrogens (tertiary/aromatic N) is 4. The molecule has 2 heterocycles. The molecule has 1 aliphatic rings. The van der Waals surface area contributed by atoms with E-state index >= 15 is 0 Å². The number of benzene rings is 2. The number of rotatable bonds is 7. The number of carbonyl (C=O) groups is 2. The van der Waals surface area contributed by atoms with E-state index in [1.807, 2.05) is 48.5 Å². The van der Waals surface area contributed by atoms with E-state index in [2.05, 4.69) is 27.8 Å². The highest BCUT2D eigenvalue weighted by Gasteiger charge is 2.30. The summed E-state index contributed by atoms with van der Waals surface area (Å²) in [6.45, 7) is 1.70. The maximum Gasteiger partial charge on any atom is 0.273 e. The zero-order chi connectivity index (χ0) is 20.1. The number of anilines is 1. The van der Waals surface area contributed by atoms with E-state index in [4.69, 9.17) is 0 Å². The lowest BCUT2D eigenvalue weighted by atomic mass is 10.1. The van der Waals surface area contributed by atoms with Gasteiger partial charge >= 0.3 is 0 Å². The van der Waals surface area contributed by atoms with Crippen LogP contribution >= 0.6 is 0 Å². The standard InChI is InChI=1S/C22H23N5O2/c28-21-13-18(15-27(21)19-9-5-2-6-10-19)14-23-22(29)20-16-26(25-24-20)12-11-17-7-3-1-4-8-17/h1-10,16,18H,11-15H2,(H,23,29). The number of carbonyl (C=O) groups excluding carboxylic acids is 2. The van der Waals surface area contributed by atoms with Crippen LogP contribution < -0.4 is 10.2 Å². The van der Waals surface area contributed by atoms with Crippen molar-refractivity contribution in [2.24, 2.45) is 5.92 Å². The second-order valence-electron chi connectivity index (χ2n) is 7.22. The van der Waals surface area contributed by atoms with E-state index in [1.54, 1.807) is 15.8 Å². The predicted molar refractivity (Wildman–Crippen MR) is 109 cm³/mol. The number of aromatic nitrogens is 3. The summed E-state index contributed by atoms with van der Waals surface area (Å²) in [5.41, 5.74) is 2.40. The third-order valence-electron chi connectivity index (χ3n) is 5.07. The molecule has 1 unspecified atom stereocenters. The molecule has 0 radical (unpaired) electrons. The third kappa shape index (κ3) is 4.68. The van der Waals surface area contributed by atoms with Gasteiger partial charge in [-0.25, -0.2) is 0 Å². The molecule has 0 saturated carbocycles. The summed E-state index contributed by atoms with van der Waals surface area (Å²) in [6.07, 6.45) is 2.91. The Hall–Kier alpha value is -3.48. The second-order valence-corrected chi connectivity index (χ2v) is 7.22. The van der Waals surface area contributed by atoms with E-state index in [1.165, 1.54) is 5.56 Å². The van der Waals surface area contributed by atoms with Crippen LogP contribution in [0.1, 0.15) is 22.5 Å². The minimum Gasteiger partial charge on any atom is -0.350 e. The van der Waals surface area contributed by atoms with Crippen molar-refractivity contribution in [3.8, 4) is 0 Å². The molecule has 0 bridgehead atoms. The minimum absolute atomic E-state index is 0.0831. The molecule has 1 N–H and O–H groups in total. The molecule has 1 fully saturated rings. The Labute approximate surface area is 169 Å². The van der Waals surface area contributed by atoms with Crippen molar-refractivity contribution in [2.45, 2.75) is 19.4 Å². The SMILES string of the molecule is O=C(NCC1CC(=O)N(c2ccccc2)C1)c1cn(CCc2ccccc2)nn1. The Morgan fingerprint density at radius 3 is 2.55 bits per heavy atom. The van der Waals surface area contributed by atoms with E-state index in [-0.39, 0.29) is 17.7 Å². The fourth-order valence-electron chi connectivity index (χ4n) is 3.50. The van der Waals surface area contributed by atoms with Gasteiger partial charge in [0.2, 0.25) is 5.91 Å². The average Bonchev–Trinajstić information content (AvgIpc) is 3.38. The first-order valence-electron chi connectivity index (χ1n) is 9.77. The number of hydrogen-bond acceptors (Lipinski definition) is 4. The van der Waals surface area contributed by atoms with Crippen LogP contribution in [-0.2, 0) is 17.8 Å². The lowest BCUT2D eigenvalue weighted by Crippen LogP contribution is -2.31. The summed E-state index contributed by atoms with van der Waals surface area (Å²) >= 11 is 0. The maximum atomic E-state index is 12.4. The molecule has 3 aromatic rings. The molecule has 0 aliphatic carbocycles. The van der Waals surface area contributed by atoms with Crippen molar-refractivity contribution in [1.82, 2.24) is 20.3 Å². The first-order valence-corrected chi connectivity index (χ1v) is 9.77. The van der Waals surface area contributed by atoms with Gasteiger partial charge in [-0.3, -0.25) is 14.3 Å². The van der Waals surface area contributed by atoms with Crippen LogP contribution in [0.5, 0.6) is 0 Å². The van der Waals surface area contributed by atoms with Crippen LogP contribution in [-0.4, -0.2) is 39.9 Å². The average molecular weight is 389 g/mol. The second kappa shape index (κ2) is 8.68. The molecule has 29 heavy (non-hydrogen) atoms. The van der Waals surface area contributed by atoms with Gasteiger partial charge in [0, 0.05) is 37.7 Å². The molecule has 7 nitrogen and oxygen atoms in total. The van der Waals surface area contributed by atoms with Gasteiger partial charge in [0.25, 0.3) is 5.91 Å². The van der Waals surface area contributed by atoms with Gasteiger partial charge in [0.15, 0.2) is 5.69 Å². The summed E-state index contributed by atoms with van der Waals surface area (Å²) < 4.78 is 1.68. The summed E-state index contributed by atoms with van der Waals surface area (Å²) in [5, 5.41) is 10.9. The van der Waals surface area contributed by atoms with Gasteiger partial charge in [-0.2, -0.15) is 0 Å². The van der Waals surface area contributed by atoms with Crippen molar-refractivity contribution < 1.29 is 9.59 Å². The Balaban J connectivity index is 1.27. The van der Waals surface area contributed by atoms with Crippen LogP contribution in [0.3, 0.4) is 0 Å². The highest BCUT2D eigenvalue weighted by molar-refractivity contribution is 5.96. The van der Waals surface area contributed by atoms with Crippen LogP contribution in [0.2, 0.25) is 0 Å². The highest BCUT2D eigenvalue weighted by Crippen LogP contribution is 2.24. The zero-order valence-corrected chi connectivity index (χ0v) is 16.1. The third-order valence-corrected chi connectivity index (χ3v) is 5.07. The van der Waals surface area contributed by atoms with Gasteiger partial charge in [-0.1, -0.05) is 53.7 Å². The van der Waals surface area contributed by atoms with Crippen molar-refractivity contribution >= 4 is 17.5 Å². The van der Waals surface area contributed by atoms with E-state index < -0.39 is 0 Å². The molecule has 1 aromatic heterocycles. The molecule has 1 saturated heterocycles. The van der Waals surface area contributed by atoms with E-state index in [0.717, 1.165) is 12.1 Å². The summed E-state index contributed by atoms with van der Waals surface area (Å²) in [6, 6.07) is 19.7. The van der Waals surface area contributed by atoms with Crippen molar-refractivity contribution in [3.05, 3.63) is 78.1 Å². The number of hydrogen-bond donors (Lipinski definition) is 1. The number of amides is 2. The van der Waals surface area contributed by atoms with Gasteiger partial charge in [-0.05, 0) is 24.1 Å². The van der Waals surface area contributed by atoms with Gasteiger partial charge in [-0.15, -0.1) is 5.10 Å². The van der Waals surface area contributed by atoms with Crippen molar-refractivity contribution in [3.63, 3.8) is 0 Å². The first-order chi connectivity index (χ1) is 14.2. The Morgan fingerprint density at radius 2 is 1.79 bits per heavy atom. The fourth-order valence-corrected chi connectivity index (χ4v) is 3.50. The quantitative estimate of drug-likeness (QED) is 0.672. The van der Waals surface area contributed by atoms with E-state index in [9.17, 15) is 9.59 Å². The Bertz CT molecular complexity index is 971. The topological polar surface area (TPSA) is 80.1 Å². The molecule has 2 amide bonds. The molecular weight excluding hydrogens is 366 g/mol. The molecule has 4 rings (SSSR count). The molecule has 7 heteroatoms. The smallest absolute Gasteiger partial charge is 0.273 e. The van der Waals surface area contributed by atoms with Gasteiger partial charge in [0.1, 0.15) is 0 Å². The Kier molecular flexibility index (Phi) is 5.65. The van der Waals surface area contributed by atoms with E-state index in [0.29, 0.717) is 31.7 Å². The number of aryl methyl sites for hydroxylation is 2. The van der Waals surface area contributed by atoms with Crippen LogP contribution in [0.15, 0.2) is 66.9 Å². The normalized spacial score (nSPS) is 16.2. The fraction of sp³-hybridized carbons (Fsp3) is 0.273. The molecular formula is C22H23N5O2. The summed E-state index contributed by atoms with van der Waals surface area (Å²) in [5.74, 6) is -0.0938. The Morgan fingerprint density at radius 1 is 1.07 bits per heavy atom. The van der Waals surface area contributed by atoms with Crippen LogP contribution in [0.4, 0.5) is 5.69 Å². The summed E-state index contributed by atoms with van der Waals surface area (Å²) in [4.78, 5) is 26.5. The molecule has 1 aliphatic heterocycles. The number of nitrogens with one attached hydrogen (secondary N) is 1. The van der Waals surface area contributed by atoms with Gasteiger partial charge in [0.05, 0.1) is 6.20 Å². The minimum atomic E-state index is -0.262. The van der Waals surface area contributed by atoms with Crippen molar-refractivity contribution in [2.75, 3.05) is 18.0 Å². The molecule has 1 atom stereocenters.